The van der Waals surface area contributed by atoms with Gasteiger partial charge in [0, 0.05) is 12.5 Å². The minimum atomic E-state index is -0.626. The highest BCUT2D eigenvalue weighted by Crippen LogP contribution is 2.48. The van der Waals surface area contributed by atoms with Crippen molar-refractivity contribution in [1.82, 2.24) is 5.32 Å². The maximum Gasteiger partial charge on any atom is 0.405 e. The standard InChI is InChI=1S/C8H14N2O2/c9-7(11)12-8(2-3-8)6-1-4-10-5-6/h6,10H,1-5H2,(H2,9,11)/t6-/m1/s1. The van der Waals surface area contributed by atoms with Crippen LogP contribution in [0.2, 0.25) is 0 Å². The highest BCUT2D eigenvalue weighted by Gasteiger charge is 2.53. The molecule has 0 spiro atoms. The molecule has 4 heteroatoms. The second kappa shape index (κ2) is 2.62. The lowest BCUT2D eigenvalue weighted by molar-refractivity contribution is 0.0552. The van der Waals surface area contributed by atoms with Crippen LogP contribution in [0, 0.1) is 5.92 Å². The molecule has 2 rings (SSSR count). The number of ether oxygens (including phenoxy) is 1. The minimum absolute atomic E-state index is 0.185. The van der Waals surface area contributed by atoms with Gasteiger partial charge in [-0.1, -0.05) is 0 Å². The van der Waals surface area contributed by atoms with E-state index in [-0.39, 0.29) is 5.60 Å². The Morgan fingerprint density at radius 1 is 1.58 bits per heavy atom. The molecule has 1 atom stereocenters. The Hall–Kier alpha value is -0.770. The zero-order chi connectivity index (χ0) is 8.60. The number of amides is 1. The third-order valence-electron chi connectivity index (χ3n) is 2.85. The molecule has 1 saturated carbocycles. The average molecular weight is 170 g/mol. The van der Waals surface area contributed by atoms with E-state index in [0.29, 0.717) is 5.92 Å². The van der Waals surface area contributed by atoms with Gasteiger partial charge < -0.3 is 15.8 Å². The molecule has 1 heterocycles. The number of nitrogens with one attached hydrogen (secondary N) is 1. The molecule has 0 aromatic carbocycles. The van der Waals surface area contributed by atoms with Gasteiger partial charge in [0.1, 0.15) is 5.60 Å². The number of rotatable bonds is 2. The Morgan fingerprint density at radius 3 is 2.75 bits per heavy atom. The molecule has 1 amide bonds. The molecule has 0 unspecified atom stereocenters. The summed E-state index contributed by atoms with van der Waals surface area (Å²) in [6, 6.07) is 0. The predicted molar refractivity (Wildman–Crippen MR) is 43.6 cm³/mol. The zero-order valence-corrected chi connectivity index (χ0v) is 7.01. The smallest absolute Gasteiger partial charge is 0.405 e. The monoisotopic (exact) mass is 170 g/mol. The van der Waals surface area contributed by atoms with Crippen molar-refractivity contribution in [3.63, 3.8) is 0 Å². The van der Waals surface area contributed by atoms with E-state index >= 15 is 0 Å². The van der Waals surface area contributed by atoms with Gasteiger partial charge in [0.05, 0.1) is 0 Å². The summed E-state index contributed by atoms with van der Waals surface area (Å²) >= 11 is 0. The van der Waals surface area contributed by atoms with E-state index in [9.17, 15) is 4.79 Å². The van der Waals surface area contributed by atoms with Gasteiger partial charge in [-0.05, 0) is 25.8 Å². The molecule has 1 aliphatic carbocycles. The van der Waals surface area contributed by atoms with Crippen molar-refractivity contribution in [2.75, 3.05) is 13.1 Å². The normalized spacial score (nSPS) is 31.5. The van der Waals surface area contributed by atoms with Crippen LogP contribution in [0.1, 0.15) is 19.3 Å². The molecule has 4 nitrogen and oxygen atoms in total. The first-order valence-corrected chi connectivity index (χ1v) is 4.42. The summed E-state index contributed by atoms with van der Waals surface area (Å²) in [6.07, 6.45) is 2.46. The summed E-state index contributed by atoms with van der Waals surface area (Å²) in [6.45, 7) is 2.00. The number of hydrogen-bond donors (Lipinski definition) is 2. The number of carbonyl (C=O) groups excluding carboxylic acids is 1. The van der Waals surface area contributed by atoms with Crippen molar-refractivity contribution in [3.8, 4) is 0 Å². The fourth-order valence-corrected chi connectivity index (χ4v) is 2.02. The average Bonchev–Trinajstić information content (AvgIpc) is 2.61. The Balaban J connectivity index is 1.95. The highest BCUT2D eigenvalue weighted by atomic mass is 16.6. The summed E-state index contributed by atoms with van der Waals surface area (Å²) < 4.78 is 5.13. The molecule has 2 aliphatic rings. The van der Waals surface area contributed by atoms with E-state index in [0.717, 1.165) is 32.4 Å². The SMILES string of the molecule is NC(=O)OC1([C@@H]2CCNC2)CC1. The van der Waals surface area contributed by atoms with Crippen LogP contribution in [0.3, 0.4) is 0 Å². The van der Waals surface area contributed by atoms with Crippen LogP contribution in [0.15, 0.2) is 0 Å². The van der Waals surface area contributed by atoms with Gasteiger partial charge in [-0.2, -0.15) is 0 Å². The first-order valence-electron chi connectivity index (χ1n) is 4.42. The molecule has 12 heavy (non-hydrogen) atoms. The van der Waals surface area contributed by atoms with Crippen LogP contribution in [-0.2, 0) is 4.74 Å². The summed E-state index contributed by atoms with van der Waals surface area (Å²) in [5.74, 6) is 0.491. The lowest BCUT2D eigenvalue weighted by Crippen LogP contribution is -2.32. The van der Waals surface area contributed by atoms with Gasteiger partial charge in [-0.3, -0.25) is 0 Å². The molecule has 0 aromatic heterocycles. The Labute approximate surface area is 71.4 Å². The van der Waals surface area contributed by atoms with Crippen LogP contribution in [0.4, 0.5) is 4.79 Å². The third kappa shape index (κ3) is 1.27. The molecule has 0 aromatic rings. The summed E-state index contributed by atoms with van der Waals surface area (Å²) in [4.78, 5) is 10.6. The Kier molecular flexibility index (Phi) is 1.72. The number of nitrogens with two attached hydrogens (primary N) is 1. The third-order valence-corrected chi connectivity index (χ3v) is 2.85. The van der Waals surface area contributed by atoms with Crippen molar-refractivity contribution >= 4 is 6.09 Å². The van der Waals surface area contributed by atoms with Gasteiger partial charge in [-0.25, -0.2) is 4.79 Å². The van der Waals surface area contributed by atoms with Crippen LogP contribution in [0.25, 0.3) is 0 Å². The second-order valence-corrected chi connectivity index (χ2v) is 3.68. The van der Waals surface area contributed by atoms with E-state index in [4.69, 9.17) is 10.5 Å². The molecule has 68 valence electrons. The van der Waals surface area contributed by atoms with Crippen LogP contribution < -0.4 is 11.1 Å². The minimum Gasteiger partial charge on any atom is -0.443 e. The Morgan fingerprint density at radius 2 is 2.33 bits per heavy atom. The van der Waals surface area contributed by atoms with E-state index in [1.54, 1.807) is 0 Å². The van der Waals surface area contributed by atoms with Gasteiger partial charge >= 0.3 is 6.09 Å². The lowest BCUT2D eigenvalue weighted by atomic mass is 9.99. The van der Waals surface area contributed by atoms with Crippen LogP contribution >= 0.6 is 0 Å². The molecular weight excluding hydrogens is 156 g/mol. The molecule has 1 saturated heterocycles. The predicted octanol–water partition coefficient (Wildman–Crippen LogP) is 0.224. The molecule has 0 radical (unpaired) electrons. The maximum atomic E-state index is 10.6. The zero-order valence-electron chi connectivity index (χ0n) is 7.01. The van der Waals surface area contributed by atoms with Crippen LogP contribution in [-0.4, -0.2) is 24.8 Å². The summed E-state index contributed by atoms with van der Waals surface area (Å²) in [7, 11) is 0. The first-order chi connectivity index (χ1) is 5.73. The molecule has 3 N–H and O–H groups in total. The van der Waals surface area contributed by atoms with E-state index in [2.05, 4.69) is 5.32 Å². The van der Waals surface area contributed by atoms with Gasteiger partial charge in [0.25, 0.3) is 0 Å². The fourth-order valence-electron chi connectivity index (χ4n) is 2.02. The van der Waals surface area contributed by atoms with Crippen molar-refractivity contribution < 1.29 is 9.53 Å². The molecular formula is C8H14N2O2. The summed E-state index contributed by atoms with van der Waals surface area (Å²) in [5.41, 5.74) is 4.82. The molecule has 0 bridgehead atoms. The van der Waals surface area contributed by atoms with Crippen molar-refractivity contribution in [2.24, 2.45) is 11.7 Å². The largest absolute Gasteiger partial charge is 0.443 e. The second-order valence-electron chi connectivity index (χ2n) is 3.68. The molecule has 2 fully saturated rings. The number of carbonyl (C=O) groups is 1. The van der Waals surface area contributed by atoms with E-state index in [1.165, 1.54) is 0 Å². The molecule has 1 aliphatic heterocycles. The lowest BCUT2D eigenvalue weighted by Gasteiger charge is -2.20. The van der Waals surface area contributed by atoms with Crippen molar-refractivity contribution in [1.29, 1.82) is 0 Å². The maximum absolute atomic E-state index is 10.6. The highest BCUT2D eigenvalue weighted by molar-refractivity contribution is 5.65. The quantitative estimate of drug-likeness (QED) is 0.623. The van der Waals surface area contributed by atoms with E-state index < -0.39 is 6.09 Å². The topological polar surface area (TPSA) is 64.4 Å². The van der Waals surface area contributed by atoms with Gasteiger partial charge in [0.15, 0.2) is 0 Å². The number of primary amides is 1. The fraction of sp³-hybridized carbons (Fsp3) is 0.875. The number of hydrogen-bond acceptors (Lipinski definition) is 3. The van der Waals surface area contributed by atoms with E-state index in [1.807, 2.05) is 0 Å². The Bertz CT molecular complexity index is 195. The van der Waals surface area contributed by atoms with Gasteiger partial charge in [-0.15, -0.1) is 0 Å². The van der Waals surface area contributed by atoms with Crippen molar-refractivity contribution in [3.05, 3.63) is 0 Å². The van der Waals surface area contributed by atoms with Crippen LogP contribution in [0.5, 0.6) is 0 Å². The van der Waals surface area contributed by atoms with Crippen molar-refractivity contribution in [2.45, 2.75) is 24.9 Å². The summed E-state index contributed by atoms with van der Waals surface area (Å²) in [5, 5.41) is 3.26. The first kappa shape index (κ1) is 7.86. The van der Waals surface area contributed by atoms with Gasteiger partial charge in [0.2, 0.25) is 0 Å².